The van der Waals surface area contributed by atoms with Gasteiger partial charge < -0.3 is 24.0 Å². The van der Waals surface area contributed by atoms with Gasteiger partial charge in [-0.1, -0.05) is 44.0 Å². The molecule has 290 valence electrons. The van der Waals surface area contributed by atoms with E-state index in [1.165, 1.54) is 11.1 Å². The van der Waals surface area contributed by atoms with Crippen molar-refractivity contribution in [2.24, 2.45) is 5.92 Å². The number of nitrogens with zero attached hydrogens (tertiary/aromatic N) is 4. The second kappa shape index (κ2) is 17.5. The quantitative estimate of drug-likeness (QED) is 0.388. The van der Waals surface area contributed by atoms with Gasteiger partial charge >= 0.3 is 6.09 Å². The molecule has 2 bridgehead atoms. The number of likely N-dealkylation sites (N-methyl/N-ethyl adjacent to an activating group) is 1. The highest BCUT2D eigenvalue weighted by Crippen LogP contribution is 2.38. The van der Waals surface area contributed by atoms with Crippen LogP contribution in [0.3, 0.4) is 0 Å². The van der Waals surface area contributed by atoms with Crippen LogP contribution in [0.15, 0.2) is 53.4 Å². The lowest BCUT2D eigenvalue weighted by Crippen LogP contribution is -2.59. The van der Waals surface area contributed by atoms with Crippen molar-refractivity contribution in [1.29, 1.82) is 0 Å². The van der Waals surface area contributed by atoms with E-state index in [0.29, 0.717) is 56.6 Å². The molecule has 0 aliphatic carbocycles. The Balaban J connectivity index is 1.32. The molecule has 4 aliphatic heterocycles. The second-order valence-electron chi connectivity index (χ2n) is 15.3. The van der Waals surface area contributed by atoms with E-state index in [9.17, 15) is 13.8 Å². The number of anilines is 1. The maximum Gasteiger partial charge on any atom is 0.410 e. The molecule has 0 saturated carbocycles. The first-order chi connectivity index (χ1) is 25.5. The fourth-order valence-corrected chi connectivity index (χ4v) is 8.93. The molecule has 0 radical (unpaired) electrons. The molecule has 53 heavy (non-hydrogen) atoms. The topological polar surface area (TPSA) is 104 Å². The molecule has 0 aromatic heterocycles. The van der Waals surface area contributed by atoms with E-state index >= 15 is 0 Å². The lowest BCUT2D eigenvalue weighted by molar-refractivity contribution is -0.128. The monoisotopic (exact) mass is 769 g/mol. The van der Waals surface area contributed by atoms with Crippen molar-refractivity contribution in [3.8, 4) is 5.75 Å². The number of morpholine rings is 1. The van der Waals surface area contributed by atoms with Gasteiger partial charge in [0.15, 0.2) is 11.0 Å². The van der Waals surface area contributed by atoms with Gasteiger partial charge in [0.05, 0.1) is 42.0 Å². The van der Waals surface area contributed by atoms with Gasteiger partial charge in [-0.15, -0.1) is 0 Å². The number of carbonyl (C=O) groups excluding carboxylic acids is 2. The van der Waals surface area contributed by atoms with Crippen molar-refractivity contribution in [3.63, 3.8) is 0 Å². The first-order valence-corrected chi connectivity index (χ1v) is 20.7. The van der Waals surface area contributed by atoms with Crippen LogP contribution in [0.4, 0.5) is 10.5 Å². The minimum atomic E-state index is -1.79. The summed E-state index contributed by atoms with van der Waals surface area (Å²) in [4.78, 5) is 36.4. The van der Waals surface area contributed by atoms with Crippen LogP contribution in [0.25, 0.3) is 0 Å². The summed E-state index contributed by atoms with van der Waals surface area (Å²) in [7, 11) is 0.0766. The van der Waals surface area contributed by atoms with Crippen molar-refractivity contribution in [1.82, 2.24) is 19.4 Å². The smallest absolute Gasteiger partial charge is 0.410 e. The zero-order valence-electron chi connectivity index (χ0n) is 31.9. The molecule has 2 fully saturated rings. The molecule has 2 aromatic rings. The van der Waals surface area contributed by atoms with Gasteiger partial charge in [-0.05, 0) is 87.7 Å². The maximum absolute atomic E-state index is 13.8. The molecular weight excluding hydrogens is 714 g/mol. The van der Waals surface area contributed by atoms with Gasteiger partial charge in [0.25, 0.3) is 5.91 Å². The molecule has 11 nitrogen and oxygen atoms in total. The summed E-state index contributed by atoms with van der Waals surface area (Å²) in [5, 5.41) is 0.719. The van der Waals surface area contributed by atoms with Gasteiger partial charge in [0, 0.05) is 62.7 Å². The van der Waals surface area contributed by atoms with Crippen LogP contribution < -0.4 is 14.4 Å². The third-order valence-electron chi connectivity index (χ3n) is 11.5. The Kier molecular flexibility index (Phi) is 13.1. The third-order valence-corrected chi connectivity index (χ3v) is 12.8. The lowest BCUT2D eigenvalue weighted by Gasteiger charge is -2.43. The van der Waals surface area contributed by atoms with E-state index in [1.807, 2.05) is 61.0 Å². The highest BCUT2D eigenvalue weighted by atomic mass is 35.5. The predicted molar refractivity (Wildman–Crippen MR) is 209 cm³/mol. The van der Waals surface area contributed by atoms with Gasteiger partial charge in [-0.25, -0.2) is 9.00 Å². The van der Waals surface area contributed by atoms with E-state index in [4.69, 9.17) is 25.8 Å². The van der Waals surface area contributed by atoms with Crippen LogP contribution in [0, 0.1) is 5.92 Å². The number of piperazine rings is 1. The molecule has 2 saturated heterocycles. The SMILES string of the molecule is CCCc1cc(Cl)ccc1C1COc2ccc3cc2N(CCC(CC)C(OC(=O)N2CCN4CCOCC4C2)/C=C/CN(C)C(C)(C)C(=O)NS3=O)C1. The van der Waals surface area contributed by atoms with Crippen molar-refractivity contribution in [3.05, 3.63) is 64.7 Å². The minimum absolute atomic E-state index is 0.0126. The number of hydrogen-bond donors (Lipinski definition) is 1. The Hall–Kier alpha value is -3.16. The Morgan fingerprint density at radius 3 is 2.70 bits per heavy atom. The Morgan fingerprint density at radius 1 is 1.08 bits per heavy atom. The molecule has 0 spiro atoms. The zero-order valence-corrected chi connectivity index (χ0v) is 33.4. The number of halogens is 1. The number of carbonyl (C=O) groups is 2. The number of nitrogens with one attached hydrogen (secondary N) is 1. The molecule has 4 aliphatic rings. The summed E-state index contributed by atoms with van der Waals surface area (Å²) in [6, 6.07) is 11.8. The summed E-state index contributed by atoms with van der Waals surface area (Å²) in [6.07, 6.45) is 6.63. The van der Waals surface area contributed by atoms with Gasteiger partial charge in [-0.2, -0.15) is 0 Å². The Labute approximate surface area is 322 Å². The number of hydrogen-bond acceptors (Lipinski definition) is 9. The Bertz CT molecular complexity index is 1670. The van der Waals surface area contributed by atoms with E-state index < -0.39 is 22.6 Å². The number of ether oxygens (including phenoxy) is 3. The van der Waals surface area contributed by atoms with E-state index in [1.54, 1.807) is 6.07 Å². The van der Waals surface area contributed by atoms with Crippen LogP contribution in [-0.4, -0.2) is 121 Å². The molecule has 2 aromatic carbocycles. The van der Waals surface area contributed by atoms with Crippen molar-refractivity contribution in [2.75, 3.05) is 77.6 Å². The van der Waals surface area contributed by atoms with Gasteiger partial charge in [-0.3, -0.25) is 19.3 Å². The van der Waals surface area contributed by atoms with Crippen molar-refractivity contribution in [2.45, 2.75) is 81.9 Å². The summed E-state index contributed by atoms with van der Waals surface area (Å²) in [5.41, 5.74) is 2.28. The molecule has 4 heterocycles. The summed E-state index contributed by atoms with van der Waals surface area (Å²) in [5.74, 6) is 0.410. The predicted octanol–water partition coefficient (Wildman–Crippen LogP) is 5.63. The summed E-state index contributed by atoms with van der Waals surface area (Å²) < 4.78 is 35.1. The van der Waals surface area contributed by atoms with E-state index in [0.717, 1.165) is 56.1 Å². The number of aryl methyl sites for hydroxylation is 1. The summed E-state index contributed by atoms with van der Waals surface area (Å²) in [6.45, 7) is 14.4. The third kappa shape index (κ3) is 9.21. The number of benzene rings is 2. The Morgan fingerprint density at radius 2 is 1.91 bits per heavy atom. The number of rotatable bonds is 5. The first kappa shape index (κ1) is 39.5. The van der Waals surface area contributed by atoms with E-state index in [-0.39, 0.29) is 29.9 Å². The van der Waals surface area contributed by atoms with Crippen LogP contribution in [-0.2, 0) is 31.7 Å². The van der Waals surface area contributed by atoms with Crippen LogP contribution in [0.1, 0.15) is 64.0 Å². The average molecular weight is 770 g/mol. The van der Waals surface area contributed by atoms with Crippen molar-refractivity contribution < 1.29 is 28.0 Å². The molecule has 5 atom stereocenters. The van der Waals surface area contributed by atoms with Crippen LogP contribution in [0.2, 0.25) is 5.02 Å². The molecule has 5 unspecified atom stereocenters. The molecule has 1 N–H and O–H groups in total. The second-order valence-corrected chi connectivity index (χ2v) is 16.9. The fraction of sp³-hybridized carbons (Fsp3) is 0.600. The normalized spacial score (nSPS) is 27.9. The number of amides is 2. The molecular formula is C40H56ClN5O6S. The standard InChI is InChI=1S/C40H56ClN5O6S/c1-6-9-29-22-31(41)11-13-34(29)30-24-45-17-15-28(7-2)36(52-39(48)46-19-18-44-20-21-50-27-32(44)25-46)10-8-16-43(5)40(3,4)38(47)42-53(49)33-12-14-37(51-26-30)35(45)23-33/h8,10-14,22-23,28,30,32,36H,6-7,9,15-21,24-27H2,1-5H3,(H,42,47)/b10-8+. The van der Waals surface area contributed by atoms with Gasteiger partial charge in [0.2, 0.25) is 0 Å². The number of fused-ring (bicyclic) bond motifs is 2. The fourth-order valence-electron chi connectivity index (χ4n) is 7.79. The largest absolute Gasteiger partial charge is 0.491 e. The lowest BCUT2D eigenvalue weighted by atomic mass is 9.91. The minimum Gasteiger partial charge on any atom is -0.491 e. The first-order valence-electron chi connectivity index (χ1n) is 19.2. The van der Waals surface area contributed by atoms with Crippen LogP contribution >= 0.6 is 11.6 Å². The molecule has 2 amide bonds. The zero-order chi connectivity index (χ0) is 37.7. The average Bonchev–Trinajstić information content (AvgIpc) is 3.33. The maximum atomic E-state index is 13.8. The summed E-state index contributed by atoms with van der Waals surface area (Å²) >= 11 is 6.47. The van der Waals surface area contributed by atoms with E-state index in [2.05, 4.69) is 40.5 Å². The molecule has 13 heteroatoms. The van der Waals surface area contributed by atoms with Crippen molar-refractivity contribution >= 4 is 40.3 Å². The van der Waals surface area contributed by atoms with Crippen LogP contribution in [0.5, 0.6) is 5.75 Å². The highest BCUT2D eigenvalue weighted by molar-refractivity contribution is 7.83. The molecule has 6 rings (SSSR count). The van der Waals surface area contributed by atoms with Gasteiger partial charge in [0.1, 0.15) is 11.9 Å². The highest BCUT2D eigenvalue weighted by Gasteiger charge is 2.36.